The third-order valence-electron chi connectivity index (χ3n) is 5.82. The highest BCUT2D eigenvalue weighted by atomic mass is 32.2. The molecule has 1 fully saturated rings. The monoisotopic (exact) mass is 575 g/mol. The van der Waals surface area contributed by atoms with E-state index in [-0.39, 0.29) is 28.0 Å². The molecule has 0 radical (unpaired) electrons. The summed E-state index contributed by atoms with van der Waals surface area (Å²) >= 11 is 1.19. The van der Waals surface area contributed by atoms with Crippen molar-refractivity contribution in [3.8, 4) is 5.88 Å². The number of hydrogen-bond donors (Lipinski definition) is 2. The van der Waals surface area contributed by atoms with Crippen molar-refractivity contribution in [2.24, 2.45) is 10.9 Å². The lowest BCUT2D eigenvalue weighted by atomic mass is 10.0. The number of ether oxygens (including phenoxy) is 2. The number of benzene rings is 1. The molecule has 0 spiro atoms. The van der Waals surface area contributed by atoms with Crippen LogP contribution in [0.2, 0.25) is 0 Å². The summed E-state index contributed by atoms with van der Waals surface area (Å²) in [5, 5.41) is 6.81. The number of carbonyl (C=O) groups excluding carboxylic acids is 1. The quantitative estimate of drug-likeness (QED) is 0.167. The molecule has 2 aromatic heterocycles. The Bertz CT molecular complexity index is 1430. The van der Waals surface area contributed by atoms with Gasteiger partial charge in [0.25, 0.3) is 5.91 Å². The van der Waals surface area contributed by atoms with Crippen molar-refractivity contribution >= 4 is 48.3 Å². The summed E-state index contributed by atoms with van der Waals surface area (Å²) in [6.45, 7) is 5.01. The van der Waals surface area contributed by atoms with Crippen LogP contribution in [0.25, 0.3) is 10.3 Å². The van der Waals surface area contributed by atoms with Crippen molar-refractivity contribution < 1.29 is 27.5 Å². The Kier molecular flexibility index (Phi) is 9.15. The van der Waals surface area contributed by atoms with E-state index >= 15 is 0 Å². The molecule has 1 aromatic carbocycles. The Balaban J connectivity index is 1.50. The normalized spacial score (nSPS) is 14.4. The molecule has 0 aliphatic heterocycles. The van der Waals surface area contributed by atoms with E-state index in [1.165, 1.54) is 23.5 Å². The Morgan fingerprint density at radius 1 is 1.13 bits per heavy atom. The third kappa shape index (κ3) is 7.94. The molecule has 210 valence electrons. The zero-order chi connectivity index (χ0) is 28.0. The van der Waals surface area contributed by atoms with Crippen molar-refractivity contribution in [1.82, 2.24) is 9.97 Å². The number of amides is 1. The van der Waals surface area contributed by atoms with Gasteiger partial charge in [-0.15, -0.1) is 0 Å². The number of thiazole rings is 1. The van der Waals surface area contributed by atoms with Gasteiger partial charge in [-0.2, -0.15) is 0 Å². The van der Waals surface area contributed by atoms with Crippen LogP contribution in [0.15, 0.2) is 46.4 Å². The average Bonchev–Trinajstić information content (AvgIpc) is 3.67. The topological polar surface area (TPSA) is 155 Å². The lowest BCUT2D eigenvalue weighted by molar-refractivity contribution is -0.110. The van der Waals surface area contributed by atoms with Gasteiger partial charge in [-0.1, -0.05) is 28.6 Å². The van der Waals surface area contributed by atoms with Crippen LogP contribution in [-0.2, 0) is 24.2 Å². The minimum Gasteiger partial charge on any atom is -0.478 e. The summed E-state index contributed by atoms with van der Waals surface area (Å²) in [6, 6.07) is 9.58. The first kappa shape index (κ1) is 28.9. The molecule has 1 amide bonds. The molecule has 2 heterocycles. The van der Waals surface area contributed by atoms with Crippen LogP contribution in [0.4, 0.5) is 5.13 Å². The summed E-state index contributed by atoms with van der Waals surface area (Å²) in [7, 11) is -1.77. The lowest BCUT2D eigenvalue weighted by Gasteiger charge is -2.17. The van der Waals surface area contributed by atoms with E-state index in [4.69, 9.17) is 20.0 Å². The number of anilines is 1. The minimum absolute atomic E-state index is 0.0107. The molecular formula is C26H33N5O6S2. The SMILES string of the molecule is COCCCO/N=C(/C(=O)Nc1nc2ccc(OCCC(C)(C)N)nc2s1)c1ccc(S(=O)(=O)C2CC2)cc1. The van der Waals surface area contributed by atoms with E-state index in [0.29, 0.717) is 65.8 Å². The Morgan fingerprint density at radius 3 is 2.54 bits per heavy atom. The maximum Gasteiger partial charge on any atom is 0.280 e. The molecule has 13 heteroatoms. The van der Waals surface area contributed by atoms with Crippen molar-refractivity contribution in [3.05, 3.63) is 42.0 Å². The maximum atomic E-state index is 13.3. The Labute approximate surface area is 231 Å². The summed E-state index contributed by atoms with van der Waals surface area (Å²) in [5.74, 6) is -0.110. The average molecular weight is 576 g/mol. The van der Waals surface area contributed by atoms with Gasteiger partial charge >= 0.3 is 0 Å². The molecule has 3 N–H and O–H groups in total. The summed E-state index contributed by atoms with van der Waals surface area (Å²) in [4.78, 5) is 28.4. The van der Waals surface area contributed by atoms with Crippen molar-refractivity contribution in [2.45, 2.75) is 55.2 Å². The first-order chi connectivity index (χ1) is 18.6. The van der Waals surface area contributed by atoms with E-state index in [2.05, 4.69) is 20.4 Å². The predicted octanol–water partition coefficient (Wildman–Crippen LogP) is 3.53. The number of aromatic nitrogens is 2. The Morgan fingerprint density at radius 2 is 1.87 bits per heavy atom. The number of rotatable bonds is 14. The molecule has 0 atom stereocenters. The van der Waals surface area contributed by atoms with Crippen LogP contribution in [0.1, 0.15) is 45.1 Å². The number of oxime groups is 1. The first-order valence-corrected chi connectivity index (χ1v) is 15.0. The van der Waals surface area contributed by atoms with Gasteiger partial charge in [0.15, 0.2) is 20.7 Å². The fourth-order valence-corrected chi connectivity index (χ4v) is 5.97. The van der Waals surface area contributed by atoms with Gasteiger partial charge in [-0.25, -0.2) is 18.4 Å². The molecule has 1 aliphatic rings. The second-order valence-corrected chi connectivity index (χ2v) is 13.1. The number of hydrogen-bond acceptors (Lipinski definition) is 11. The van der Waals surface area contributed by atoms with Gasteiger partial charge in [0.05, 0.1) is 16.8 Å². The maximum absolute atomic E-state index is 13.3. The molecular weight excluding hydrogens is 542 g/mol. The van der Waals surface area contributed by atoms with E-state index in [9.17, 15) is 13.2 Å². The zero-order valence-electron chi connectivity index (χ0n) is 22.2. The summed E-state index contributed by atoms with van der Waals surface area (Å²) in [5.41, 5.74) is 6.66. The smallest absolute Gasteiger partial charge is 0.280 e. The van der Waals surface area contributed by atoms with Crippen molar-refractivity contribution in [3.63, 3.8) is 0 Å². The lowest BCUT2D eigenvalue weighted by Crippen LogP contribution is -2.33. The fourth-order valence-electron chi connectivity index (χ4n) is 3.49. The molecule has 0 unspecified atom stereocenters. The number of methoxy groups -OCH3 is 1. The summed E-state index contributed by atoms with van der Waals surface area (Å²) < 4.78 is 35.8. The molecule has 1 saturated carbocycles. The van der Waals surface area contributed by atoms with Gasteiger partial charge < -0.3 is 20.0 Å². The minimum atomic E-state index is -3.35. The van der Waals surface area contributed by atoms with Crippen LogP contribution in [0.3, 0.4) is 0 Å². The van der Waals surface area contributed by atoms with Crippen LogP contribution in [0, 0.1) is 0 Å². The third-order valence-corrected chi connectivity index (χ3v) is 8.98. The number of fused-ring (bicyclic) bond motifs is 1. The predicted molar refractivity (Wildman–Crippen MR) is 150 cm³/mol. The first-order valence-electron chi connectivity index (χ1n) is 12.6. The highest BCUT2D eigenvalue weighted by molar-refractivity contribution is 7.92. The molecule has 4 rings (SSSR count). The van der Waals surface area contributed by atoms with Gasteiger partial charge in [0, 0.05) is 37.3 Å². The van der Waals surface area contributed by atoms with Crippen LogP contribution in [-0.4, -0.2) is 67.7 Å². The van der Waals surface area contributed by atoms with Crippen LogP contribution < -0.4 is 15.8 Å². The fraction of sp³-hybridized carbons (Fsp3) is 0.462. The van der Waals surface area contributed by atoms with Crippen molar-refractivity contribution in [1.29, 1.82) is 0 Å². The number of carbonyl (C=O) groups is 1. The van der Waals surface area contributed by atoms with E-state index in [1.54, 1.807) is 31.4 Å². The second kappa shape index (κ2) is 12.4. The number of nitrogens with two attached hydrogens (primary N) is 1. The highest BCUT2D eigenvalue weighted by Crippen LogP contribution is 2.33. The van der Waals surface area contributed by atoms with Gasteiger partial charge in [0.2, 0.25) is 5.88 Å². The number of nitrogens with one attached hydrogen (secondary N) is 1. The number of sulfone groups is 1. The van der Waals surface area contributed by atoms with Gasteiger partial charge in [-0.05, 0) is 51.3 Å². The molecule has 11 nitrogen and oxygen atoms in total. The molecule has 3 aromatic rings. The van der Waals surface area contributed by atoms with E-state index < -0.39 is 15.7 Å². The molecule has 39 heavy (non-hydrogen) atoms. The number of nitrogens with zero attached hydrogens (tertiary/aromatic N) is 3. The molecule has 0 bridgehead atoms. The van der Waals surface area contributed by atoms with Crippen LogP contribution in [0.5, 0.6) is 5.88 Å². The van der Waals surface area contributed by atoms with Gasteiger partial charge in [-0.3, -0.25) is 10.1 Å². The Hall–Kier alpha value is -3.13. The van der Waals surface area contributed by atoms with E-state index in [1.807, 2.05) is 13.8 Å². The molecule has 0 saturated heterocycles. The number of pyridine rings is 1. The largest absolute Gasteiger partial charge is 0.478 e. The zero-order valence-corrected chi connectivity index (χ0v) is 23.8. The highest BCUT2D eigenvalue weighted by Gasteiger charge is 2.36. The summed E-state index contributed by atoms with van der Waals surface area (Å²) in [6.07, 6.45) is 2.60. The van der Waals surface area contributed by atoms with Gasteiger partial charge in [0.1, 0.15) is 17.0 Å². The second-order valence-electron chi connectivity index (χ2n) is 9.92. The van der Waals surface area contributed by atoms with Crippen molar-refractivity contribution in [2.75, 3.05) is 32.2 Å². The molecule has 1 aliphatic carbocycles. The standard InChI is InChI=1S/C26H33N5O6S2/c1-26(2,27)13-16-36-21-12-11-20-24(29-21)38-25(28-20)30-23(32)22(31-37-15-4-14-35-3)17-5-7-18(8-6-17)39(33,34)19-9-10-19/h5-8,11-12,19H,4,9-10,13-16,27H2,1-3H3,(H,28,30,32)/b31-22+. The van der Waals surface area contributed by atoms with Crippen LogP contribution >= 0.6 is 11.3 Å². The van der Waals surface area contributed by atoms with E-state index in [0.717, 1.165) is 0 Å².